The van der Waals surface area contributed by atoms with E-state index in [1.54, 1.807) is 13.0 Å². The number of hydrogen-bond acceptors (Lipinski definition) is 6. The van der Waals surface area contributed by atoms with Gasteiger partial charge in [0.15, 0.2) is 0 Å². The zero-order valence-corrected chi connectivity index (χ0v) is 10.1. The molecule has 0 radical (unpaired) electrons. The number of esters is 1. The predicted octanol–water partition coefficient (Wildman–Crippen LogP) is 1.38. The molecule has 19 heavy (non-hydrogen) atoms. The Balaban J connectivity index is 3.27. The highest BCUT2D eigenvalue weighted by Gasteiger charge is 2.19. The lowest BCUT2D eigenvalue weighted by Crippen LogP contribution is -2.10. The maximum absolute atomic E-state index is 11.3. The Morgan fingerprint density at radius 1 is 1.58 bits per heavy atom. The molecule has 0 aliphatic rings. The largest absolute Gasteiger partial charge is 0.466 e. The van der Waals surface area contributed by atoms with E-state index < -0.39 is 16.6 Å². The summed E-state index contributed by atoms with van der Waals surface area (Å²) in [6, 6.07) is 3.79. The fraction of sp³-hybridized carbons (Fsp3) is 0.250. The van der Waals surface area contributed by atoms with Crippen molar-refractivity contribution < 1.29 is 19.2 Å². The lowest BCUT2D eigenvalue weighted by atomic mass is 10.0. The average Bonchev–Trinajstić information content (AvgIpc) is 2.38. The summed E-state index contributed by atoms with van der Waals surface area (Å²) >= 11 is 0. The minimum absolute atomic E-state index is 0.0650. The van der Waals surface area contributed by atoms with E-state index >= 15 is 0 Å². The van der Waals surface area contributed by atoms with Crippen molar-refractivity contribution in [2.24, 2.45) is 0 Å². The summed E-state index contributed by atoms with van der Waals surface area (Å²) in [5.74, 6) is -0.593. The number of nitriles is 1. The van der Waals surface area contributed by atoms with Gasteiger partial charge in [-0.1, -0.05) is 0 Å². The number of hydrogen-bond donors (Lipinski definition) is 0. The van der Waals surface area contributed by atoms with Gasteiger partial charge in [-0.2, -0.15) is 5.26 Å². The quantitative estimate of drug-likeness (QED) is 0.343. The van der Waals surface area contributed by atoms with E-state index in [9.17, 15) is 19.7 Å². The first-order valence-corrected chi connectivity index (χ1v) is 5.35. The van der Waals surface area contributed by atoms with Crippen molar-refractivity contribution in [1.82, 2.24) is 0 Å². The van der Waals surface area contributed by atoms with Crippen molar-refractivity contribution in [3.8, 4) is 6.07 Å². The zero-order chi connectivity index (χ0) is 14.4. The molecule has 0 aromatic heterocycles. The van der Waals surface area contributed by atoms with Crippen molar-refractivity contribution in [1.29, 1.82) is 5.26 Å². The van der Waals surface area contributed by atoms with Crippen LogP contribution in [0.5, 0.6) is 0 Å². The van der Waals surface area contributed by atoms with Crippen LogP contribution >= 0.6 is 0 Å². The fourth-order valence-corrected chi connectivity index (χ4v) is 1.52. The molecule has 7 nitrogen and oxygen atoms in total. The molecule has 1 aromatic carbocycles. The van der Waals surface area contributed by atoms with Crippen molar-refractivity contribution in [3.05, 3.63) is 38.9 Å². The van der Waals surface area contributed by atoms with Gasteiger partial charge in [0.25, 0.3) is 5.69 Å². The minimum atomic E-state index is -0.734. The second-order valence-corrected chi connectivity index (χ2v) is 3.54. The van der Waals surface area contributed by atoms with Crippen molar-refractivity contribution in [3.63, 3.8) is 0 Å². The smallest absolute Gasteiger partial charge is 0.310 e. The summed E-state index contributed by atoms with van der Waals surface area (Å²) in [6.45, 7) is 1.80. The minimum Gasteiger partial charge on any atom is -0.466 e. The van der Waals surface area contributed by atoms with Gasteiger partial charge in [-0.15, -0.1) is 0 Å². The van der Waals surface area contributed by atoms with E-state index in [1.165, 1.54) is 0 Å². The maximum Gasteiger partial charge on any atom is 0.310 e. The molecule has 0 atom stereocenters. The van der Waals surface area contributed by atoms with Crippen LogP contribution in [-0.4, -0.2) is 23.8 Å². The van der Waals surface area contributed by atoms with Gasteiger partial charge in [-0.3, -0.25) is 19.7 Å². The van der Waals surface area contributed by atoms with E-state index in [0.717, 1.165) is 12.1 Å². The summed E-state index contributed by atoms with van der Waals surface area (Å²) in [4.78, 5) is 32.3. The van der Waals surface area contributed by atoms with Gasteiger partial charge in [0.2, 0.25) is 0 Å². The number of nitrogens with zero attached hydrogens (tertiary/aromatic N) is 2. The van der Waals surface area contributed by atoms with Crippen molar-refractivity contribution >= 4 is 17.9 Å². The van der Waals surface area contributed by atoms with Crippen LogP contribution in [0.25, 0.3) is 0 Å². The molecule has 98 valence electrons. The van der Waals surface area contributed by atoms with Gasteiger partial charge in [0, 0.05) is 11.6 Å². The number of benzene rings is 1. The molecule has 0 saturated heterocycles. The second-order valence-electron chi connectivity index (χ2n) is 3.54. The Morgan fingerprint density at radius 2 is 2.26 bits per heavy atom. The Morgan fingerprint density at radius 3 is 2.74 bits per heavy atom. The normalized spacial score (nSPS) is 9.47. The number of carbonyl (C=O) groups is 2. The summed E-state index contributed by atoms with van der Waals surface area (Å²) in [7, 11) is 0. The maximum atomic E-state index is 11.3. The Labute approximate surface area is 108 Å². The molecule has 7 heteroatoms. The molecule has 1 aromatic rings. The van der Waals surface area contributed by atoms with E-state index in [1.807, 2.05) is 0 Å². The van der Waals surface area contributed by atoms with E-state index in [2.05, 4.69) is 0 Å². The number of carbonyl (C=O) groups excluding carboxylic acids is 2. The molecule has 0 amide bonds. The molecule has 0 heterocycles. The molecule has 0 fully saturated rings. The van der Waals surface area contributed by atoms with E-state index in [-0.39, 0.29) is 29.7 Å². The lowest BCUT2D eigenvalue weighted by Gasteiger charge is -2.05. The number of rotatable bonds is 5. The third kappa shape index (κ3) is 3.35. The first kappa shape index (κ1) is 14.3. The molecule has 0 aliphatic carbocycles. The van der Waals surface area contributed by atoms with Gasteiger partial charge >= 0.3 is 5.97 Å². The highest BCUT2D eigenvalue weighted by atomic mass is 16.6. The third-order valence-corrected chi connectivity index (χ3v) is 2.34. The van der Waals surface area contributed by atoms with E-state index in [4.69, 9.17) is 10.00 Å². The van der Waals surface area contributed by atoms with Crippen LogP contribution in [0, 0.1) is 21.4 Å². The summed E-state index contributed by atoms with van der Waals surface area (Å²) in [6.07, 6.45) is 0.188. The summed E-state index contributed by atoms with van der Waals surface area (Å²) in [5, 5.41) is 19.6. The van der Waals surface area contributed by atoms with Crippen LogP contribution in [0.15, 0.2) is 12.1 Å². The molecule has 0 aliphatic heterocycles. The van der Waals surface area contributed by atoms with E-state index in [0.29, 0.717) is 6.29 Å². The summed E-state index contributed by atoms with van der Waals surface area (Å²) in [5.41, 5.74) is -0.429. The van der Waals surface area contributed by atoms with Crippen LogP contribution in [0.4, 0.5) is 5.69 Å². The molecule has 0 saturated carbocycles. The summed E-state index contributed by atoms with van der Waals surface area (Å²) < 4.78 is 4.71. The van der Waals surface area contributed by atoms with Gasteiger partial charge in [-0.25, -0.2) is 0 Å². The molecular weight excluding hydrogens is 252 g/mol. The average molecular weight is 262 g/mol. The second kappa shape index (κ2) is 6.26. The third-order valence-electron chi connectivity index (χ3n) is 2.34. The highest BCUT2D eigenvalue weighted by molar-refractivity contribution is 5.83. The van der Waals surface area contributed by atoms with Gasteiger partial charge in [-0.05, 0) is 18.6 Å². The standard InChI is InChI=1S/C12H10N2O5/c1-2-19-12(16)5-8-4-11(14(17)18)9(6-13)3-10(8)7-15/h3-4,7H,2,5H2,1H3. The fourth-order valence-electron chi connectivity index (χ4n) is 1.52. The van der Waals surface area contributed by atoms with Crippen LogP contribution in [0.3, 0.4) is 0 Å². The predicted molar refractivity (Wildman–Crippen MR) is 63.5 cm³/mol. The number of ether oxygens (including phenoxy) is 1. The molecule has 0 N–H and O–H groups in total. The number of nitro benzene ring substituents is 1. The zero-order valence-electron chi connectivity index (χ0n) is 10.1. The van der Waals surface area contributed by atoms with Gasteiger partial charge in [0.05, 0.1) is 18.0 Å². The van der Waals surface area contributed by atoms with Gasteiger partial charge in [0.1, 0.15) is 17.9 Å². The van der Waals surface area contributed by atoms with Gasteiger partial charge < -0.3 is 4.74 Å². The van der Waals surface area contributed by atoms with Crippen LogP contribution in [0.1, 0.15) is 28.4 Å². The number of nitro groups is 1. The Kier molecular flexibility index (Phi) is 4.71. The first-order chi connectivity index (χ1) is 9.03. The van der Waals surface area contributed by atoms with Crippen LogP contribution in [0.2, 0.25) is 0 Å². The molecule has 0 spiro atoms. The molecule has 0 bridgehead atoms. The topological polar surface area (TPSA) is 110 Å². The van der Waals surface area contributed by atoms with Crippen molar-refractivity contribution in [2.45, 2.75) is 13.3 Å². The first-order valence-electron chi connectivity index (χ1n) is 5.35. The molecule has 1 rings (SSSR count). The number of aldehydes is 1. The molecule has 0 unspecified atom stereocenters. The monoisotopic (exact) mass is 262 g/mol. The lowest BCUT2D eigenvalue weighted by molar-refractivity contribution is -0.385. The van der Waals surface area contributed by atoms with Crippen LogP contribution < -0.4 is 0 Å². The molecular formula is C12H10N2O5. The highest BCUT2D eigenvalue weighted by Crippen LogP contribution is 2.23. The Hall–Kier alpha value is -2.75. The SMILES string of the molecule is CCOC(=O)Cc1cc([N+](=O)[O-])c(C#N)cc1C=O. The van der Waals surface area contributed by atoms with Crippen LogP contribution in [-0.2, 0) is 16.0 Å². The Bertz CT molecular complexity index is 574. The van der Waals surface area contributed by atoms with Crippen molar-refractivity contribution in [2.75, 3.05) is 6.61 Å².